The largest absolute Gasteiger partial charge is 0.480 e. The van der Waals surface area contributed by atoms with E-state index in [4.69, 9.17) is 5.11 Å². The SMILES string of the molecule is CC(NC(=O)NCc1cn(CC(=O)O)nn1)C1CCC1. The molecule has 1 aliphatic rings. The first kappa shape index (κ1) is 14.3. The lowest BCUT2D eigenvalue weighted by atomic mass is 9.80. The molecule has 0 saturated heterocycles. The standard InChI is InChI=1S/C12H19N5O3/c1-8(9-3-2-4-9)14-12(20)13-5-10-6-17(16-15-10)7-11(18)19/h6,8-9H,2-5,7H2,1H3,(H,18,19)(H2,13,14,20). The van der Waals surface area contributed by atoms with Crippen LogP contribution in [-0.4, -0.2) is 38.1 Å². The minimum Gasteiger partial charge on any atom is -0.480 e. The number of amides is 2. The Morgan fingerprint density at radius 3 is 2.90 bits per heavy atom. The summed E-state index contributed by atoms with van der Waals surface area (Å²) in [6.07, 6.45) is 5.09. The van der Waals surface area contributed by atoms with Gasteiger partial charge in [-0.3, -0.25) is 4.79 Å². The number of aliphatic carboxylic acids is 1. The highest BCUT2D eigenvalue weighted by atomic mass is 16.4. The monoisotopic (exact) mass is 281 g/mol. The molecule has 110 valence electrons. The summed E-state index contributed by atoms with van der Waals surface area (Å²) in [5.74, 6) is -0.404. The van der Waals surface area contributed by atoms with Crippen molar-refractivity contribution in [2.45, 2.75) is 45.3 Å². The van der Waals surface area contributed by atoms with Gasteiger partial charge in [0.25, 0.3) is 0 Å². The Labute approximate surface area is 116 Å². The highest BCUT2D eigenvalue weighted by Crippen LogP contribution is 2.29. The summed E-state index contributed by atoms with van der Waals surface area (Å²) in [6.45, 7) is 1.99. The van der Waals surface area contributed by atoms with E-state index in [1.807, 2.05) is 6.92 Å². The maximum atomic E-state index is 11.7. The Morgan fingerprint density at radius 2 is 2.30 bits per heavy atom. The van der Waals surface area contributed by atoms with Gasteiger partial charge in [0.15, 0.2) is 0 Å². The Morgan fingerprint density at radius 1 is 1.55 bits per heavy atom. The van der Waals surface area contributed by atoms with Gasteiger partial charge in [-0.1, -0.05) is 11.6 Å². The molecule has 20 heavy (non-hydrogen) atoms. The van der Waals surface area contributed by atoms with Crippen molar-refractivity contribution < 1.29 is 14.7 Å². The molecule has 2 rings (SSSR count). The van der Waals surface area contributed by atoms with E-state index < -0.39 is 5.97 Å². The quantitative estimate of drug-likeness (QED) is 0.697. The molecule has 1 aromatic heterocycles. The zero-order valence-electron chi connectivity index (χ0n) is 11.4. The molecule has 0 aliphatic heterocycles. The van der Waals surface area contributed by atoms with Crippen LogP contribution in [0.2, 0.25) is 0 Å². The van der Waals surface area contributed by atoms with Crippen LogP contribution in [0.4, 0.5) is 4.79 Å². The van der Waals surface area contributed by atoms with Gasteiger partial charge in [-0.25, -0.2) is 9.48 Å². The first-order valence-electron chi connectivity index (χ1n) is 6.70. The fourth-order valence-corrected chi connectivity index (χ4v) is 2.12. The second kappa shape index (κ2) is 6.36. The highest BCUT2D eigenvalue weighted by Gasteiger charge is 2.24. The number of nitrogens with zero attached hydrogens (tertiary/aromatic N) is 3. The van der Waals surface area contributed by atoms with Crippen LogP contribution < -0.4 is 10.6 Å². The normalized spacial score (nSPS) is 16.2. The molecule has 1 heterocycles. The third-order valence-electron chi connectivity index (χ3n) is 3.53. The molecule has 1 fully saturated rings. The van der Waals surface area contributed by atoms with Crippen molar-refractivity contribution in [3.63, 3.8) is 0 Å². The number of urea groups is 1. The van der Waals surface area contributed by atoms with E-state index in [0.717, 1.165) is 0 Å². The predicted molar refractivity (Wildman–Crippen MR) is 69.8 cm³/mol. The van der Waals surface area contributed by atoms with Gasteiger partial charge in [-0.15, -0.1) is 5.10 Å². The van der Waals surface area contributed by atoms with Crippen molar-refractivity contribution in [2.24, 2.45) is 5.92 Å². The molecule has 0 spiro atoms. The topological polar surface area (TPSA) is 109 Å². The minimum atomic E-state index is -0.985. The van der Waals surface area contributed by atoms with E-state index in [9.17, 15) is 9.59 Å². The number of hydrogen-bond acceptors (Lipinski definition) is 4. The van der Waals surface area contributed by atoms with E-state index in [1.54, 1.807) is 0 Å². The molecule has 2 amide bonds. The van der Waals surface area contributed by atoms with E-state index in [2.05, 4.69) is 20.9 Å². The van der Waals surface area contributed by atoms with Crippen LogP contribution in [0.5, 0.6) is 0 Å². The third-order valence-corrected chi connectivity index (χ3v) is 3.53. The minimum absolute atomic E-state index is 0.173. The van der Waals surface area contributed by atoms with Crippen molar-refractivity contribution >= 4 is 12.0 Å². The number of aromatic nitrogens is 3. The number of carbonyl (C=O) groups is 2. The lowest BCUT2D eigenvalue weighted by Crippen LogP contribution is -2.45. The molecule has 1 unspecified atom stereocenters. The van der Waals surface area contributed by atoms with Crippen LogP contribution in [0.25, 0.3) is 0 Å². The lowest BCUT2D eigenvalue weighted by Gasteiger charge is -2.31. The van der Waals surface area contributed by atoms with E-state index in [-0.39, 0.29) is 25.2 Å². The van der Waals surface area contributed by atoms with Crippen LogP contribution in [0.15, 0.2) is 6.20 Å². The lowest BCUT2D eigenvalue weighted by molar-refractivity contribution is -0.137. The number of rotatable bonds is 6. The fourth-order valence-electron chi connectivity index (χ4n) is 2.12. The fraction of sp³-hybridized carbons (Fsp3) is 0.667. The van der Waals surface area contributed by atoms with E-state index in [1.165, 1.54) is 30.1 Å². The summed E-state index contributed by atoms with van der Waals surface area (Å²) in [5.41, 5.74) is 0.526. The second-order valence-corrected chi connectivity index (χ2v) is 5.11. The van der Waals surface area contributed by atoms with Crippen molar-refractivity contribution in [3.8, 4) is 0 Å². The third kappa shape index (κ3) is 3.94. The molecule has 0 aromatic carbocycles. The van der Waals surface area contributed by atoms with Gasteiger partial charge < -0.3 is 15.7 Å². The molecule has 1 atom stereocenters. The molecule has 1 saturated carbocycles. The Hall–Kier alpha value is -2.12. The molecule has 3 N–H and O–H groups in total. The second-order valence-electron chi connectivity index (χ2n) is 5.11. The Balaban J connectivity index is 1.72. The first-order chi connectivity index (χ1) is 9.54. The molecular weight excluding hydrogens is 262 g/mol. The molecule has 0 bridgehead atoms. The molecular formula is C12H19N5O3. The van der Waals surface area contributed by atoms with Gasteiger partial charge >= 0.3 is 12.0 Å². The van der Waals surface area contributed by atoms with Gasteiger partial charge in [0, 0.05) is 6.04 Å². The average Bonchev–Trinajstić information content (AvgIpc) is 2.70. The summed E-state index contributed by atoms with van der Waals surface area (Å²) in [5, 5.41) is 21.6. The summed E-state index contributed by atoms with van der Waals surface area (Å²) in [4.78, 5) is 22.2. The number of carbonyl (C=O) groups excluding carboxylic acids is 1. The number of hydrogen-bond donors (Lipinski definition) is 3. The maximum absolute atomic E-state index is 11.7. The summed E-state index contributed by atoms with van der Waals surface area (Å²) in [6, 6.07) is -0.0661. The molecule has 8 nitrogen and oxygen atoms in total. The zero-order chi connectivity index (χ0) is 14.5. The zero-order valence-corrected chi connectivity index (χ0v) is 11.4. The van der Waals surface area contributed by atoms with Crippen LogP contribution in [-0.2, 0) is 17.9 Å². The van der Waals surface area contributed by atoms with Crippen LogP contribution in [0, 0.1) is 5.92 Å². The molecule has 1 aliphatic carbocycles. The number of carboxylic acid groups (broad SMARTS) is 1. The molecule has 8 heteroatoms. The van der Waals surface area contributed by atoms with Crippen molar-refractivity contribution in [1.29, 1.82) is 0 Å². The molecule has 1 aromatic rings. The van der Waals surface area contributed by atoms with E-state index in [0.29, 0.717) is 11.6 Å². The average molecular weight is 281 g/mol. The maximum Gasteiger partial charge on any atom is 0.325 e. The summed E-state index contributed by atoms with van der Waals surface area (Å²) < 4.78 is 1.22. The van der Waals surface area contributed by atoms with Gasteiger partial charge in [0.2, 0.25) is 0 Å². The van der Waals surface area contributed by atoms with Gasteiger partial charge in [0.05, 0.1) is 12.7 Å². The van der Waals surface area contributed by atoms with Crippen LogP contribution in [0.3, 0.4) is 0 Å². The number of nitrogens with one attached hydrogen (secondary N) is 2. The Kier molecular flexibility index (Phi) is 4.54. The van der Waals surface area contributed by atoms with Crippen LogP contribution >= 0.6 is 0 Å². The van der Waals surface area contributed by atoms with Gasteiger partial charge in [-0.2, -0.15) is 0 Å². The summed E-state index contributed by atoms with van der Waals surface area (Å²) in [7, 11) is 0. The van der Waals surface area contributed by atoms with Gasteiger partial charge in [-0.05, 0) is 25.7 Å². The molecule has 0 radical (unpaired) electrons. The smallest absolute Gasteiger partial charge is 0.325 e. The highest BCUT2D eigenvalue weighted by molar-refractivity contribution is 5.74. The van der Waals surface area contributed by atoms with Crippen molar-refractivity contribution in [3.05, 3.63) is 11.9 Å². The van der Waals surface area contributed by atoms with Crippen molar-refractivity contribution in [2.75, 3.05) is 0 Å². The Bertz CT molecular complexity index is 483. The predicted octanol–water partition coefficient (Wildman–Crippen LogP) is 0.350. The number of carboxylic acids is 1. The van der Waals surface area contributed by atoms with E-state index >= 15 is 0 Å². The first-order valence-corrected chi connectivity index (χ1v) is 6.70. The van der Waals surface area contributed by atoms with Crippen LogP contribution in [0.1, 0.15) is 31.9 Å². The van der Waals surface area contributed by atoms with Gasteiger partial charge in [0.1, 0.15) is 12.2 Å². The summed E-state index contributed by atoms with van der Waals surface area (Å²) >= 11 is 0. The van der Waals surface area contributed by atoms with Crippen molar-refractivity contribution in [1.82, 2.24) is 25.6 Å².